The fourth-order valence-electron chi connectivity index (χ4n) is 0.938. The topological polar surface area (TPSA) is 81.1 Å². The maximum absolute atomic E-state index is 10.3. The van der Waals surface area contributed by atoms with Crippen molar-refractivity contribution in [3.8, 4) is 0 Å². The Hall–Kier alpha value is -1.36. The van der Waals surface area contributed by atoms with Crippen molar-refractivity contribution in [2.45, 2.75) is 12.5 Å². The number of rotatable bonds is 3. The Balaban J connectivity index is 2.64. The van der Waals surface area contributed by atoms with Crippen LogP contribution < -0.4 is 5.73 Å². The maximum atomic E-state index is 10.3. The molecule has 0 aliphatic rings. The van der Waals surface area contributed by atoms with Crippen molar-refractivity contribution in [3.05, 3.63) is 18.0 Å². The molecule has 5 heteroatoms. The number of aryl methyl sites for hydroxylation is 1. The lowest BCUT2D eigenvalue weighted by atomic mass is 10.1. The molecule has 0 aliphatic carbocycles. The fourth-order valence-corrected chi connectivity index (χ4v) is 0.938. The van der Waals surface area contributed by atoms with Crippen LogP contribution in [0.1, 0.15) is 18.0 Å². The predicted octanol–water partition coefficient (Wildman–Crippen LogP) is -0.105. The largest absolute Gasteiger partial charge is 0.481 e. The average molecular weight is 169 g/mol. The lowest BCUT2D eigenvalue weighted by molar-refractivity contribution is -0.137. The standard InChI is InChI=1S/C7H11N3O2/c1-10-4-5(3-9-10)6(8)2-7(11)12/h3-4,6H,2,8H2,1H3,(H,11,12). The second-order valence-electron chi connectivity index (χ2n) is 2.65. The minimum Gasteiger partial charge on any atom is -0.481 e. The van der Waals surface area contributed by atoms with E-state index in [1.165, 1.54) is 0 Å². The van der Waals surface area contributed by atoms with Crippen LogP contribution in [-0.4, -0.2) is 20.9 Å². The van der Waals surface area contributed by atoms with Crippen LogP contribution in [0, 0.1) is 0 Å². The highest BCUT2D eigenvalue weighted by Gasteiger charge is 2.11. The fraction of sp³-hybridized carbons (Fsp3) is 0.429. The van der Waals surface area contributed by atoms with E-state index < -0.39 is 12.0 Å². The zero-order valence-corrected chi connectivity index (χ0v) is 6.77. The van der Waals surface area contributed by atoms with Gasteiger partial charge < -0.3 is 10.8 Å². The number of carboxylic acid groups (broad SMARTS) is 1. The summed E-state index contributed by atoms with van der Waals surface area (Å²) in [6.07, 6.45) is 3.23. The molecule has 0 fully saturated rings. The van der Waals surface area contributed by atoms with E-state index in [1.807, 2.05) is 0 Å². The van der Waals surface area contributed by atoms with Crippen LogP contribution in [0.4, 0.5) is 0 Å². The number of hydrogen-bond acceptors (Lipinski definition) is 3. The predicted molar refractivity (Wildman–Crippen MR) is 42.4 cm³/mol. The molecule has 1 rings (SSSR count). The van der Waals surface area contributed by atoms with Crippen molar-refractivity contribution >= 4 is 5.97 Å². The van der Waals surface area contributed by atoms with Gasteiger partial charge >= 0.3 is 5.97 Å². The summed E-state index contributed by atoms with van der Waals surface area (Å²) in [5.74, 6) is -0.897. The van der Waals surface area contributed by atoms with Crippen molar-refractivity contribution in [3.63, 3.8) is 0 Å². The molecule has 0 bridgehead atoms. The van der Waals surface area contributed by atoms with Crippen LogP contribution in [0.25, 0.3) is 0 Å². The maximum Gasteiger partial charge on any atom is 0.305 e. The summed E-state index contributed by atoms with van der Waals surface area (Å²) < 4.78 is 1.59. The Kier molecular flexibility index (Phi) is 2.44. The van der Waals surface area contributed by atoms with Gasteiger partial charge in [0, 0.05) is 24.8 Å². The SMILES string of the molecule is Cn1cc(C(N)CC(=O)O)cn1. The summed E-state index contributed by atoms with van der Waals surface area (Å²) in [6.45, 7) is 0. The molecule has 0 saturated heterocycles. The molecule has 1 atom stereocenters. The van der Waals surface area contributed by atoms with E-state index in [-0.39, 0.29) is 6.42 Å². The summed E-state index contributed by atoms with van der Waals surface area (Å²) in [7, 11) is 1.76. The van der Waals surface area contributed by atoms with E-state index in [1.54, 1.807) is 24.1 Å². The minimum atomic E-state index is -0.897. The minimum absolute atomic E-state index is 0.0638. The van der Waals surface area contributed by atoms with Crippen molar-refractivity contribution in [2.24, 2.45) is 12.8 Å². The molecule has 0 radical (unpaired) electrons. The third kappa shape index (κ3) is 2.06. The summed E-state index contributed by atoms with van der Waals surface area (Å²) in [4.78, 5) is 10.3. The Morgan fingerprint density at radius 2 is 2.58 bits per heavy atom. The third-order valence-electron chi connectivity index (χ3n) is 1.55. The molecule has 0 saturated carbocycles. The molecule has 0 aliphatic heterocycles. The van der Waals surface area contributed by atoms with Gasteiger partial charge in [0.2, 0.25) is 0 Å². The van der Waals surface area contributed by atoms with Crippen LogP contribution in [0.5, 0.6) is 0 Å². The number of nitrogens with two attached hydrogens (primary N) is 1. The molecule has 1 aromatic heterocycles. The number of carbonyl (C=O) groups is 1. The van der Waals surface area contributed by atoms with Gasteiger partial charge in [-0.3, -0.25) is 9.48 Å². The molecule has 5 nitrogen and oxygen atoms in total. The van der Waals surface area contributed by atoms with E-state index >= 15 is 0 Å². The Bertz CT molecular complexity index is 282. The van der Waals surface area contributed by atoms with Gasteiger partial charge in [0.25, 0.3) is 0 Å². The summed E-state index contributed by atoms with van der Waals surface area (Å²) >= 11 is 0. The van der Waals surface area contributed by atoms with Crippen molar-refractivity contribution in [2.75, 3.05) is 0 Å². The number of aromatic nitrogens is 2. The molecule has 0 spiro atoms. The van der Waals surface area contributed by atoms with E-state index in [2.05, 4.69) is 5.10 Å². The third-order valence-corrected chi connectivity index (χ3v) is 1.55. The van der Waals surface area contributed by atoms with Crippen molar-refractivity contribution in [1.82, 2.24) is 9.78 Å². The van der Waals surface area contributed by atoms with Gasteiger partial charge in [0.1, 0.15) is 0 Å². The first-order valence-electron chi connectivity index (χ1n) is 3.55. The molecule has 0 aromatic carbocycles. The molecular weight excluding hydrogens is 158 g/mol. The zero-order chi connectivity index (χ0) is 9.14. The van der Waals surface area contributed by atoms with Gasteiger partial charge in [0.05, 0.1) is 12.6 Å². The molecular formula is C7H11N3O2. The molecule has 3 N–H and O–H groups in total. The van der Waals surface area contributed by atoms with Gasteiger partial charge in [-0.05, 0) is 0 Å². The highest BCUT2D eigenvalue weighted by atomic mass is 16.4. The van der Waals surface area contributed by atoms with Crippen LogP contribution >= 0.6 is 0 Å². The Morgan fingerprint density at radius 1 is 1.92 bits per heavy atom. The van der Waals surface area contributed by atoms with E-state index in [9.17, 15) is 4.79 Å². The lowest BCUT2D eigenvalue weighted by Gasteiger charge is -2.03. The normalized spacial score (nSPS) is 12.8. The van der Waals surface area contributed by atoms with Crippen LogP contribution in [0.15, 0.2) is 12.4 Å². The van der Waals surface area contributed by atoms with Gasteiger partial charge in [-0.2, -0.15) is 5.10 Å². The highest BCUT2D eigenvalue weighted by Crippen LogP contribution is 2.11. The number of aliphatic carboxylic acids is 1. The van der Waals surface area contributed by atoms with Crippen LogP contribution in [0.2, 0.25) is 0 Å². The first kappa shape index (κ1) is 8.73. The summed E-state index contributed by atoms with van der Waals surface area (Å²) in [6, 6.07) is -0.462. The van der Waals surface area contributed by atoms with E-state index in [4.69, 9.17) is 10.8 Å². The number of nitrogens with zero attached hydrogens (tertiary/aromatic N) is 2. The molecule has 0 amide bonds. The second-order valence-corrected chi connectivity index (χ2v) is 2.65. The monoisotopic (exact) mass is 169 g/mol. The highest BCUT2D eigenvalue weighted by molar-refractivity contribution is 5.67. The lowest BCUT2D eigenvalue weighted by Crippen LogP contribution is -2.14. The van der Waals surface area contributed by atoms with E-state index in [0.717, 1.165) is 5.56 Å². The quantitative estimate of drug-likeness (QED) is 0.661. The Morgan fingerprint density at radius 3 is 3.00 bits per heavy atom. The molecule has 66 valence electrons. The molecule has 12 heavy (non-hydrogen) atoms. The Labute approximate surface area is 69.8 Å². The average Bonchev–Trinajstić information content (AvgIpc) is 2.34. The molecule has 1 heterocycles. The van der Waals surface area contributed by atoms with Gasteiger partial charge in [-0.25, -0.2) is 0 Å². The molecule has 1 unspecified atom stereocenters. The van der Waals surface area contributed by atoms with Crippen molar-refractivity contribution < 1.29 is 9.90 Å². The van der Waals surface area contributed by atoms with Gasteiger partial charge in [-0.15, -0.1) is 0 Å². The summed E-state index contributed by atoms with van der Waals surface area (Å²) in [5.41, 5.74) is 6.32. The van der Waals surface area contributed by atoms with Crippen molar-refractivity contribution in [1.29, 1.82) is 0 Å². The summed E-state index contributed by atoms with van der Waals surface area (Å²) in [5, 5.41) is 12.3. The number of hydrogen-bond donors (Lipinski definition) is 2. The van der Waals surface area contributed by atoms with Crippen LogP contribution in [0.3, 0.4) is 0 Å². The van der Waals surface area contributed by atoms with Crippen LogP contribution in [-0.2, 0) is 11.8 Å². The zero-order valence-electron chi connectivity index (χ0n) is 6.77. The smallest absolute Gasteiger partial charge is 0.305 e. The second kappa shape index (κ2) is 3.36. The molecule has 1 aromatic rings. The van der Waals surface area contributed by atoms with E-state index in [0.29, 0.717) is 0 Å². The first-order chi connectivity index (χ1) is 5.59. The number of carboxylic acids is 1. The van der Waals surface area contributed by atoms with Gasteiger partial charge in [-0.1, -0.05) is 0 Å². The van der Waals surface area contributed by atoms with Gasteiger partial charge in [0.15, 0.2) is 0 Å². The first-order valence-corrected chi connectivity index (χ1v) is 3.55.